The third-order valence-electron chi connectivity index (χ3n) is 29.2. The zero-order valence-corrected chi connectivity index (χ0v) is 77.4. The minimum Gasteiger partial charge on any atom is -0.309 e. The van der Waals surface area contributed by atoms with Gasteiger partial charge in [0.05, 0.1) is 22.1 Å². The van der Waals surface area contributed by atoms with Gasteiger partial charge in [-0.2, -0.15) is 0 Å². The zero-order valence-electron chi connectivity index (χ0n) is 75.7. The van der Waals surface area contributed by atoms with Gasteiger partial charge in [-0.3, -0.25) is 0 Å². The molecule has 0 atom stereocenters. The number of benzene rings is 21. The van der Waals surface area contributed by atoms with E-state index in [0.717, 1.165) is 11.4 Å². The molecule has 2 nitrogen and oxygen atoms in total. The predicted molar refractivity (Wildman–Crippen MR) is 582 cm³/mol. The Morgan fingerprint density at radius 2 is 0.397 bits per heavy atom. The van der Waals surface area contributed by atoms with Crippen molar-refractivity contribution >= 4 is 107 Å². The molecule has 2 aliphatic carbocycles. The Morgan fingerprint density at radius 3 is 0.757 bits per heavy atom. The van der Waals surface area contributed by atoms with Gasteiger partial charge in [-0.25, -0.2) is 0 Å². The van der Waals surface area contributed by atoms with Crippen molar-refractivity contribution in [2.75, 3.05) is 0 Å². The SMILES string of the molecule is CC1(C)c2ccccc2-c2ccc(-c3cc(-c4ccc5sc6c(-c7ccccc7)cccc6c5c4)cc(-c4ccc5c(c4)c4cc(-c6ccccc6)ccc4n5-c4ccccc4)c3)cc21.CC1(C)c2ccccc2-c2ccc(-c3ccc(-c4cc(-c5ccc6sc7c(-c8ccccc8)cccc7c6c5)cc(-c5ccc6c(c5)c5cc(-c7ccccc7)ccc5n6-c5ccccc5)c4)cc3)cc21. The van der Waals surface area contributed by atoms with Crippen LogP contribution in [0.4, 0.5) is 0 Å². The maximum Gasteiger partial charge on any atom is 0.0541 e. The fourth-order valence-electron chi connectivity index (χ4n) is 22.3. The first-order valence-corrected chi connectivity index (χ1v) is 48.8. The highest BCUT2D eigenvalue weighted by Crippen LogP contribution is 2.54. The third-order valence-corrected chi connectivity index (χ3v) is 31.6. The molecule has 0 fully saturated rings. The molecule has 4 aromatic heterocycles. The van der Waals surface area contributed by atoms with Gasteiger partial charge in [-0.15, -0.1) is 22.7 Å². The molecule has 0 spiro atoms. The van der Waals surface area contributed by atoms with Crippen LogP contribution in [0.3, 0.4) is 0 Å². The quantitative estimate of drug-likeness (QED) is 0.109. The van der Waals surface area contributed by atoms with Gasteiger partial charge in [0.25, 0.3) is 0 Å². The molecule has 0 radical (unpaired) electrons. The highest BCUT2D eigenvalue weighted by molar-refractivity contribution is 7.26. The van der Waals surface area contributed by atoms with Crippen molar-refractivity contribution in [2.45, 2.75) is 38.5 Å². The van der Waals surface area contributed by atoms with Gasteiger partial charge >= 0.3 is 0 Å². The van der Waals surface area contributed by atoms with E-state index in [0.29, 0.717) is 0 Å². The maximum absolute atomic E-state index is 2.46. The molecule has 25 aromatic rings. The first kappa shape index (κ1) is 80.5. The number of para-hydroxylation sites is 2. The fraction of sp³-hybridized carbons (Fsp3) is 0.0455. The van der Waals surface area contributed by atoms with Gasteiger partial charge in [-0.05, 0) is 312 Å². The van der Waals surface area contributed by atoms with Crippen LogP contribution in [0.1, 0.15) is 49.9 Å². The van der Waals surface area contributed by atoms with Crippen molar-refractivity contribution < 1.29 is 0 Å². The average molecular weight is 1770 g/mol. The van der Waals surface area contributed by atoms with Crippen LogP contribution in [-0.2, 0) is 10.8 Å². The van der Waals surface area contributed by atoms with Crippen molar-refractivity contribution in [3.8, 4) is 156 Å². The van der Waals surface area contributed by atoms with E-state index in [-0.39, 0.29) is 10.8 Å². The summed E-state index contributed by atoms with van der Waals surface area (Å²) in [7, 11) is 0. The number of hydrogen-bond acceptors (Lipinski definition) is 2. The van der Waals surface area contributed by atoms with Crippen LogP contribution in [0, 0.1) is 0 Å². The standard InChI is InChI=1S/C69H47NS.C63H43NS/c1-69(2)63-24-13-12-21-57(63)58-33-29-51(43-64(58)69)45-25-27-46(28-26-45)52-37-53(39-54(38-52)50-32-36-67-62(42-50)59-23-14-22-56(68(59)71-67)47-17-8-4-9-18-47)49-31-35-66-61(41-49)60-40-48(44-15-6-3-7-16-44)30-34-65(60)70(66)55-19-10-5-11-20-55;1-63(2)57-24-13-12-21-51(57)52-29-25-45(39-58(52)63)48-34-46(33-47(35-48)44-28-32-61-56(38-44)53-23-14-22-50(62(53)65-61)41-17-8-4-9-18-41)43-27-31-60-55(37-43)54-36-42(40-15-6-3-7-16-40)26-30-59(54)64(60)49-19-10-5-11-20-49/h3-43H,1-2H3;3-39H,1-2H3. The second-order valence-corrected chi connectivity index (χ2v) is 39.9. The Balaban J connectivity index is 0.000000142. The number of aromatic nitrogens is 2. The van der Waals surface area contributed by atoms with Crippen LogP contribution in [-0.4, -0.2) is 9.13 Å². The molecule has 2 aliphatic rings. The highest BCUT2D eigenvalue weighted by Gasteiger charge is 2.37. The van der Waals surface area contributed by atoms with E-state index in [2.05, 4.69) is 510 Å². The van der Waals surface area contributed by atoms with Crippen LogP contribution in [0.25, 0.3) is 240 Å². The smallest absolute Gasteiger partial charge is 0.0541 e. The van der Waals surface area contributed by atoms with Crippen molar-refractivity contribution in [1.82, 2.24) is 9.13 Å². The normalized spacial score (nSPS) is 12.8. The summed E-state index contributed by atoms with van der Waals surface area (Å²) in [5.41, 5.74) is 44.7. The first-order valence-electron chi connectivity index (χ1n) is 47.2. The minimum atomic E-state index is -0.0946. The molecule has 0 N–H and O–H groups in total. The molecular formula is C132H90N2S2. The van der Waals surface area contributed by atoms with Gasteiger partial charge in [0.2, 0.25) is 0 Å². The Kier molecular flexibility index (Phi) is 19.1. The Hall–Kier alpha value is -16.3. The van der Waals surface area contributed by atoms with Crippen LogP contribution in [0.15, 0.2) is 473 Å². The summed E-state index contributed by atoms with van der Waals surface area (Å²) in [6.07, 6.45) is 0. The van der Waals surface area contributed by atoms with E-state index >= 15 is 0 Å². The summed E-state index contributed by atoms with van der Waals surface area (Å²) in [5, 5.41) is 10.2. The summed E-state index contributed by atoms with van der Waals surface area (Å²) < 4.78 is 10.1. The van der Waals surface area contributed by atoms with Crippen LogP contribution in [0.5, 0.6) is 0 Å². The van der Waals surface area contributed by atoms with Gasteiger partial charge in [0, 0.05) is 84.1 Å². The van der Waals surface area contributed by atoms with Gasteiger partial charge in [0.15, 0.2) is 0 Å². The zero-order chi connectivity index (χ0) is 90.4. The lowest BCUT2D eigenvalue weighted by Crippen LogP contribution is -2.14. The Morgan fingerprint density at radius 1 is 0.154 bits per heavy atom. The molecule has 640 valence electrons. The minimum absolute atomic E-state index is 0.0507. The van der Waals surface area contributed by atoms with Gasteiger partial charge < -0.3 is 9.13 Å². The van der Waals surface area contributed by atoms with Gasteiger partial charge in [-0.1, -0.05) is 355 Å². The number of fused-ring (bicyclic) bond motifs is 18. The number of hydrogen-bond donors (Lipinski definition) is 0. The first-order chi connectivity index (χ1) is 66.9. The number of thiophene rings is 2. The predicted octanol–water partition coefficient (Wildman–Crippen LogP) is 37.3. The van der Waals surface area contributed by atoms with Crippen LogP contribution in [0.2, 0.25) is 0 Å². The molecule has 0 bridgehead atoms. The Bertz CT molecular complexity index is 9100. The lowest BCUT2D eigenvalue weighted by molar-refractivity contribution is 0.660. The summed E-state index contributed by atoms with van der Waals surface area (Å²) in [4.78, 5) is 0. The third kappa shape index (κ3) is 13.6. The second kappa shape index (κ2) is 32.3. The lowest BCUT2D eigenvalue weighted by atomic mass is 9.81. The van der Waals surface area contributed by atoms with Crippen LogP contribution < -0.4 is 0 Å². The van der Waals surface area contributed by atoms with E-state index in [4.69, 9.17) is 0 Å². The topological polar surface area (TPSA) is 9.86 Å². The van der Waals surface area contributed by atoms with Crippen molar-refractivity contribution in [3.05, 3.63) is 495 Å². The van der Waals surface area contributed by atoms with E-state index in [1.165, 1.54) is 251 Å². The number of nitrogens with zero attached hydrogens (tertiary/aromatic N) is 2. The molecule has 4 heterocycles. The molecule has 0 unspecified atom stereocenters. The summed E-state index contributed by atoms with van der Waals surface area (Å²) in [6, 6.07) is 176. The maximum atomic E-state index is 2.46. The largest absolute Gasteiger partial charge is 0.309 e. The molecule has 0 saturated heterocycles. The van der Waals surface area contributed by atoms with Crippen molar-refractivity contribution in [2.24, 2.45) is 0 Å². The van der Waals surface area contributed by atoms with Crippen molar-refractivity contribution in [1.29, 1.82) is 0 Å². The molecule has 136 heavy (non-hydrogen) atoms. The summed E-state index contributed by atoms with van der Waals surface area (Å²) >= 11 is 3.78. The second-order valence-electron chi connectivity index (χ2n) is 37.8. The highest BCUT2D eigenvalue weighted by atomic mass is 32.1. The molecule has 0 amide bonds. The van der Waals surface area contributed by atoms with E-state index < -0.39 is 0 Å². The Labute approximate surface area is 799 Å². The molecule has 0 aliphatic heterocycles. The summed E-state index contributed by atoms with van der Waals surface area (Å²) in [6.45, 7) is 9.46. The lowest BCUT2D eigenvalue weighted by Gasteiger charge is -2.22. The molecule has 21 aromatic carbocycles. The number of rotatable bonds is 13. The average Bonchev–Trinajstić information content (AvgIpc) is 1.58. The summed E-state index contributed by atoms with van der Waals surface area (Å²) in [5.74, 6) is 0. The molecular weight excluding hydrogens is 1680 g/mol. The molecule has 0 saturated carbocycles. The monoisotopic (exact) mass is 1770 g/mol. The van der Waals surface area contributed by atoms with E-state index in [1.54, 1.807) is 0 Å². The fourth-order valence-corrected chi connectivity index (χ4v) is 24.7. The molecule has 27 rings (SSSR count). The van der Waals surface area contributed by atoms with Crippen molar-refractivity contribution in [3.63, 3.8) is 0 Å². The van der Waals surface area contributed by atoms with E-state index in [9.17, 15) is 0 Å². The molecule has 4 heteroatoms. The van der Waals surface area contributed by atoms with E-state index in [1.807, 2.05) is 22.7 Å². The van der Waals surface area contributed by atoms with Crippen LogP contribution >= 0.6 is 22.7 Å². The van der Waals surface area contributed by atoms with Gasteiger partial charge in [0.1, 0.15) is 0 Å².